The number of hydrogen-bond acceptors (Lipinski definition) is 2. The third-order valence-electron chi connectivity index (χ3n) is 3.78. The lowest BCUT2D eigenvalue weighted by atomic mass is 10.1. The topological polar surface area (TPSA) is 12.0 Å². The van der Waals surface area contributed by atoms with E-state index in [-0.39, 0.29) is 12.5 Å². The quantitative estimate of drug-likeness (QED) is 0.754. The van der Waals surface area contributed by atoms with Gasteiger partial charge in [0.2, 0.25) is 0 Å². The number of aryl methyl sites for hydroxylation is 2. The Morgan fingerprint density at radius 2 is 2.00 bits per heavy atom. The maximum atomic E-state index is 12.4. The van der Waals surface area contributed by atoms with Crippen molar-refractivity contribution in [2.24, 2.45) is 0 Å². The number of fused-ring (bicyclic) bond motifs is 1. The molecular formula is C15H22F3NS. The smallest absolute Gasteiger partial charge is 0.310 e. The van der Waals surface area contributed by atoms with E-state index in [4.69, 9.17) is 0 Å². The van der Waals surface area contributed by atoms with E-state index in [1.807, 2.05) is 6.92 Å². The van der Waals surface area contributed by atoms with E-state index in [0.717, 1.165) is 17.7 Å². The van der Waals surface area contributed by atoms with E-state index in [2.05, 4.69) is 11.4 Å². The van der Waals surface area contributed by atoms with Gasteiger partial charge in [0.25, 0.3) is 0 Å². The second kappa shape index (κ2) is 6.94. The van der Waals surface area contributed by atoms with E-state index in [0.29, 0.717) is 6.54 Å². The number of hydrogen-bond donors (Lipinski definition) is 1. The Morgan fingerprint density at radius 1 is 1.25 bits per heavy atom. The predicted molar refractivity (Wildman–Crippen MR) is 77.3 cm³/mol. The highest BCUT2D eigenvalue weighted by molar-refractivity contribution is 7.12. The van der Waals surface area contributed by atoms with E-state index in [1.165, 1.54) is 29.7 Å². The maximum absolute atomic E-state index is 12.4. The average Bonchev–Trinajstić information content (AvgIpc) is 2.64. The monoisotopic (exact) mass is 305 g/mol. The molecule has 0 aliphatic heterocycles. The van der Waals surface area contributed by atoms with Crippen LogP contribution in [0.1, 0.15) is 60.4 Å². The molecule has 1 N–H and O–H groups in total. The molecule has 0 fully saturated rings. The van der Waals surface area contributed by atoms with Crippen LogP contribution >= 0.6 is 11.3 Å². The number of rotatable bonds is 5. The van der Waals surface area contributed by atoms with E-state index in [9.17, 15) is 13.2 Å². The van der Waals surface area contributed by atoms with Gasteiger partial charge in [-0.25, -0.2) is 0 Å². The molecule has 1 atom stereocenters. The van der Waals surface area contributed by atoms with Gasteiger partial charge in [-0.2, -0.15) is 13.2 Å². The summed E-state index contributed by atoms with van der Waals surface area (Å²) in [5.41, 5.74) is 1.37. The van der Waals surface area contributed by atoms with E-state index in [1.54, 1.807) is 11.3 Å². The molecule has 1 unspecified atom stereocenters. The molecule has 1 heterocycles. The predicted octanol–water partition coefficient (Wildman–Crippen LogP) is 5.01. The van der Waals surface area contributed by atoms with Gasteiger partial charge in [-0.1, -0.05) is 13.3 Å². The molecule has 1 aromatic heterocycles. The molecule has 0 amide bonds. The van der Waals surface area contributed by atoms with Gasteiger partial charge in [0.05, 0.1) is 0 Å². The molecule has 0 saturated carbocycles. The van der Waals surface area contributed by atoms with Crippen LogP contribution in [0, 0.1) is 0 Å². The molecule has 0 radical (unpaired) electrons. The molecule has 2 rings (SSSR count). The van der Waals surface area contributed by atoms with Crippen LogP contribution in [0.15, 0.2) is 6.07 Å². The van der Waals surface area contributed by atoms with Crippen LogP contribution in [-0.2, 0) is 12.8 Å². The molecule has 5 heteroatoms. The average molecular weight is 305 g/mol. The van der Waals surface area contributed by atoms with Crippen LogP contribution in [0.2, 0.25) is 0 Å². The maximum Gasteiger partial charge on any atom is 0.389 e. The van der Waals surface area contributed by atoms with Gasteiger partial charge < -0.3 is 5.32 Å². The van der Waals surface area contributed by atoms with Gasteiger partial charge in [-0.15, -0.1) is 11.3 Å². The van der Waals surface area contributed by atoms with Crippen molar-refractivity contribution in [3.05, 3.63) is 21.4 Å². The van der Waals surface area contributed by atoms with Crippen molar-refractivity contribution < 1.29 is 13.2 Å². The fourth-order valence-electron chi connectivity index (χ4n) is 2.76. The minimum atomic E-state index is -4.07. The lowest BCUT2D eigenvalue weighted by Crippen LogP contribution is -2.22. The lowest BCUT2D eigenvalue weighted by molar-refractivity contribution is -0.136. The fraction of sp³-hybridized carbons (Fsp3) is 0.733. The van der Waals surface area contributed by atoms with E-state index < -0.39 is 12.6 Å². The van der Waals surface area contributed by atoms with Crippen molar-refractivity contribution in [1.29, 1.82) is 0 Å². The van der Waals surface area contributed by atoms with E-state index >= 15 is 0 Å². The first-order valence-electron chi connectivity index (χ1n) is 7.41. The van der Waals surface area contributed by atoms with Gasteiger partial charge >= 0.3 is 6.18 Å². The molecule has 0 bridgehead atoms. The number of halogens is 3. The minimum absolute atomic E-state index is 0.136. The Hall–Kier alpha value is -0.550. The molecule has 1 aliphatic carbocycles. The number of thiophene rings is 1. The SMILES string of the molecule is CCNC(CCC(F)(F)F)c1cc2c(s1)CCCCC2. The summed E-state index contributed by atoms with van der Waals surface area (Å²) >= 11 is 1.72. The van der Waals surface area contributed by atoms with Gasteiger partial charge in [0.15, 0.2) is 0 Å². The summed E-state index contributed by atoms with van der Waals surface area (Å²) in [7, 11) is 0. The molecule has 1 nitrogen and oxygen atoms in total. The zero-order chi connectivity index (χ0) is 14.6. The number of alkyl halides is 3. The molecule has 1 aromatic rings. The second-order valence-electron chi connectivity index (χ2n) is 5.42. The van der Waals surface area contributed by atoms with Crippen molar-refractivity contribution in [2.75, 3.05) is 6.54 Å². The Balaban J connectivity index is 2.08. The largest absolute Gasteiger partial charge is 0.389 e. The second-order valence-corrected chi connectivity index (χ2v) is 6.59. The van der Waals surface area contributed by atoms with Gasteiger partial charge in [-0.05, 0) is 50.3 Å². The van der Waals surface area contributed by atoms with Gasteiger partial charge in [0, 0.05) is 22.2 Å². The third kappa shape index (κ3) is 4.48. The summed E-state index contributed by atoms with van der Waals surface area (Å²) in [6.45, 7) is 2.64. The Labute approximate surface area is 122 Å². The van der Waals surface area contributed by atoms with Crippen LogP contribution in [0.25, 0.3) is 0 Å². The molecule has 0 spiro atoms. The zero-order valence-corrected chi connectivity index (χ0v) is 12.7. The lowest BCUT2D eigenvalue weighted by Gasteiger charge is -2.17. The first-order chi connectivity index (χ1) is 9.49. The normalized spacial score (nSPS) is 17.6. The van der Waals surface area contributed by atoms with Gasteiger partial charge in [0.1, 0.15) is 0 Å². The minimum Gasteiger partial charge on any atom is -0.310 e. The van der Waals surface area contributed by atoms with Crippen LogP contribution in [-0.4, -0.2) is 12.7 Å². The first-order valence-corrected chi connectivity index (χ1v) is 8.23. The summed E-state index contributed by atoms with van der Waals surface area (Å²) in [6, 6.07) is 1.99. The van der Waals surface area contributed by atoms with Crippen molar-refractivity contribution in [3.8, 4) is 0 Å². The zero-order valence-electron chi connectivity index (χ0n) is 11.9. The van der Waals surface area contributed by atoms with Crippen LogP contribution in [0.4, 0.5) is 13.2 Å². The first kappa shape index (κ1) is 15.8. The highest BCUT2D eigenvalue weighted by Gasteiger charge is 2.29. The van der Waals surface area contributed by atoms with Crippen molar-refractivity contribution in [2.45, 2.75) is 64.1 Å². The van der Waals surface area contributed by atoms with Crippen molar-refractivity contribution in [1.82, 2.24) is 5.32 Å². The van der Waals surface area contributed by atoms with Gasteiger partial charge in [-0.3, -0.25) is 0 Å². The highest BCUT2D eigenvalue weighted by atomic mass is 32.1. The molecular weight excluding hydrogens is 283 g/mol. The van der Waals surface area contributed by atoms with Crippen LogP contribution < -0.4 is 5.32 Å². The molecule has 114 valence electrons. The Kier molecular flexibility index (Phi) is 5.49. The summed E-state index contributed by atoms with van der Waals surface area (Å²) in [5, 5.41) is 3.21. The summed E-state index contributed by atoms with van der Waals surface area (Å²) < 4.78 is 37.3. The fourth-order valence-corrected chi connectivity index (χ4v) is 4.13. The Bertz CT molecular complexity index is 402. The standard InChI is InChI=1S/C15H22F3NS/c1-2-19-12(8-9-15(16,17)18)14-10-11-6-4-3-5-7-13(11)20-14/h10,12,19H,2-9H2,1H3. The van der Waals surface area contributed by atoms with Crippen LogP contribution in [0.5, 0.6) is 0 Å². The Morgan fingerprint density at radius 3 is 2.70 bits per heavy atom. The number of nitrogens with one attached hydrogen (secondary N) is 1. The molecule has 0 aromatic carbocycles. The summed E-state index contributed by atoms with van der Waals surface area (Å²) in [6.07, 6.45) is 1.22. The van der Waals surface area contributed by atoms with Crippen LogP contribution in [0.3, 0.4) is 0 Å². The highest BCUT2D eigenvalue weighted by Crippen LogP contribution is 2.35. The molecule has 20 heavy (non-hydrogen) atoms. The summed E-state index contributed by atoms with van der Waals surface area (Å²) in [4.78, 5) is 2.48. The summed E-state index contributed by atoms with van der Waals surface area (Å²) in [5.74, 6) is 0. The van der Waals surface area contributed by atoms with Crippen molar-refractivity contribution in [3.63, 3.8) is 0 Å². The molecule has 0 saturated heterocycles. The third-order valence-corrected chi connectivity index (χ3v) is 5.13. The molecule has 1 aliphatic rings. The van der Waals surface area contributed by atoms with Crippen molar-refractivity contribution >= 4 is 11.3 Å².